The van der Waals surface area contributed by atoms with Crippen LogP contribution in [-0.2, 0) is 6.61 Å². The summed E-state index contributed by atoms with van der Waals surface area (Å²) in [6, 6.07) is 12.7. The molecule has 3 rings (SSSR count). The molecule has 0 fully saturated rings. The number of nitrogens with zero attached hydrogens (tertiary/aromatic N) is 2. The molecule has 1 atom stereocenters. The van der Waals surface area contributed by atoms with Crippen LogP contribution in [0, 0.1) is 13.8 Å². The third kappa shape index (κ3) is 5.41. The molecule has 1 N–H and O–H groups in total. The average molecular weight is 458 g/mol. The van der Waals surface area contributed by atoms with Crippen LogP contribution in [-0.4, -0.2) is 43.7 Å². The number of aryl methyl sites for hydroxylation is 2. The number of aromatic nitrogens is 1. The molecule has 170 valence electrons. The standard InChI is InChI=1S/C24H28ClN3O4/c1-15-19(16(2)32-27-15)14-31-22-11-10-17(12-23(22)30-5)24(29)26-13-21(28(3)4)18-8-6-7-9-20(18)25/h6-12,21H,13-14H2,1-5H3,(H,26,29). The van der Waals surface area contributed by atoms with Crippen molar-refractivity contribution in [2.24, 2.45) is 0 Å². The molecule has 1 aromatic heterocycles. The lowest BCUT2D eigenvalue weighted by molar-refractivity contribution is 0.0941. The summed E-state index contributed by atoms with van der Waals surface area (Å²) in [4.78, 5) is 14.8. The number of hydrogen-bond donors (Lipinski definition) is 1. The van der Waals surface area contributed by atoms with E-state index in [0.29, 0.717) is 41.0 Å². The van der Waals surface area contributed by atoms with Gasteiger partial charge in [-0.05, 0) is 57.8 Å². The van der Waals surface area contributed by atoms with Gasteiger partial charge < -0.3 is 24.2 Å². The molecule has 0 aliphatic rings. The zero-order valence-electron chi connectivity index (χ0n) is 18.9. The van der Waals surface area contributed by atoms with E-state index in [1.54, 1.807) is 25.3 Å². The molecule has 0 aliphatic carbocycles. The Kier molecular flexibility index (Phi) is 7.77. The molecule has 1 heterocycles. The second kappa shape index (κ2) is 10.5. The Morgan fingerprint density at radius 2 is 1.94 bits per heavy atom. The molecule has 2 aromatic carbocycles. The third-order valence-corrected chi connectivity index (χ3v) is 5.67. The SMILES string of the molecule is COc1cc(C(=O)NCC(c2ccccc2Cl)N(C)C)ccc1OCc1c(C)noc1C. The van der Waals surface area contributed by atoms with Crippen LogP contribution in [0.1, 0.15) is 39.0 Å². The second-order valence-electron chi connectivity index (χ2n) is 7.67. The summed E-state index contributed by atoms with van der Waals surface area (Å²) in [6.07, 6.45) is 0. The predicted molar refractivity (Wildman–Crippen MR) is 124 cm³/mol. The smallest absolute Gasteiger partial charge is 0.251 e. The van der Waals surface area contributed by atoms with Gasteiger partial charge in [0, 0.05) is 17.1 Å². The minimum atomic E-state index is -0.209. The van der Waals surface area contributed by atoms with Crippen molar-refractivity contribution < 1.29 is 18.8 Å². The van der Waals surface area contributed by atoms with Gasteiger partial charge in [-0.1, -0.05) is 35.0 Å². The Hall–Kier alpha value is -3.03. The van der Waals surface area contributed by atoms with Crippen molar-refractivity contribution >= 4 is 17.5 Å². The van der Waals surface area contributed by atoms with Crippen LogP contribution < -0.4 is 14.8 Å². The fourth-order valence-electron chi connectivity index (χ4n) is 3.39. The third-order valence-electron chi connectivity index (χ3n) is 5.32. The summed E-state index contributed by atoms with van der Waals surface area (Å²) in [5.74, 6) is 1.51. The number of nitrogens with one attached hydrogen (secondary N) is 1. The van der Waals surface area contributed by atoms with Gasteiger partial charge in [-0.3, -0.25) is 4.79 Å². The van der Waals surface area contributed by atoms with Crippen molar-refractivity contribution in [1.29, 1.82) is 0 Å². The highest BCUT2D eigenvalue weighted by atomic mass is 35.5. The molecule has 0 saturated carbocycles. The first-order chi connectivity index (χ1) is 15.3. The highest BCUT2D eigenvalue weighted by molar-refractivity contribution is 6.31. The predicted octanol–water partition coefficient (Wildman–Crippen LogP) is 4.57. The van der Waals surface area contributed by atoms with E-state index in [1.165, 1.54) is 0 Å². The van der Waals surface area contributed by atoms with E-state index < -0.39 is 0 Å². The number of amides is 1. The van der Waals surface area contributed by atoms with Gasteiger partial charge in [-0.15, -0.1) is 0 Å². The van der Waals surface area contributed by atoms with Crippen LogP contribution in [0.15, 0.2) is 47.0 Å². The van der Waals surface area contributed by atoms with Crippen LogP contribution in [0.5, 0.6) is 11.5 Å². The summed E-state index contributed by atoms with van der Waals surface area (Å²) in [6.45, 7) is 4.41. The van der Waals surface area contributed by atoms with E-state index in [4.69, 9.17) is 25.6 Å². The van der Waals surface area contributed by atoms with Crippen molar-refractivity contribution in [2.45, 2.75) is 26.5 Å². The fourth-order valence-corrected chi connectivity index (χ4v) is 3.66. The molecule has 32 heavy (non-hydrogen) atoms. The number of hydrogen-bond acceptors (Lipinski definition) is 6. The minimum Gasteiger partial charge on any atom is -0.493 e. The quantitative estimate of drug-likeness (QED) is 0.507. The Bertz CT molecular complexity index is 1060. The molecule has 0 aliphatic heterocycles. The van der Waals surface area contributed by atoms with E-state index in [2.05, 4.69) is 10.5 Å². The summed E-state index contributed by atoms with van der Waals surface area (Å²) in [5, 5.41) is 7.59. The number of ether oxygens (including phenoxy) is 2. The lowest BCUT2D eigenvalue weighted by atomic mass is 10.1. The first kappa shape index (κ1) is 23.6. The van der Waals surface area contributed by atoms with Gasteiger partial charge >= 0.3 is 0 Å². The molecule has 0 bridgehead atoms. The number of benzene rings is 2. The van der Waals surface area contributed by atoms with Crippen LogP contribution in [0.3, 0.4) is 0 Å². The van der Waals surface area contributed by atoms with Gasteiger partial charge in [-0.25, -0.2) is 0 Å². The number of halogens is 1. The maximum absolute atomic E-state index is 12.8. The zero-order valence-corrected chi connectivity index (χ0v) is 19.7. The molecule has 3 aromatic rings. The van der Waals surface area contributed by atoms with E-state index in [0.717, 1.165) is 16.8 Å². The van der Waals surface area contributed by atoms with E-state index in [-0.39, 0.29) is 11.9 Å². The summed E-state index contributed by atoms with van der Waals surface area (Å²) in [5.41, 5.74) is 3.11. The lowest BCUT2D eigenvalue weighted by Gasteiger charge is -2.26. The van der Waals surface area contributed by atoms with Crippen molar-refractivity contribution in [1.82, 2.24) is 15.4 Å². The Morgan fingerprint density at radius 1 is 1.19 bits per heavy atom. The Balaban J connectivity index is 1.69. The van der Waals surface area contributed by atoms with Crippen molar-refractivity contribution in [2.75, 3.05) is 27.7 Å². The van der Waals surface area contributed by atoms with Crippen LogP contribution >= 0.6 is 11.6 Å². The lowest BCUT2D eigenvalue weighted by Crippen LogP contribution is -2.34. The maximum Gasteiger partial charge on any atom is 0.251 e. The molecule has 0 saturated heterocycles. The number of rotatable bonds is 9. The molecule has 0 spiro atoms. The van der Waals surface area contributed by atoms with Gasteiger partial charge in [0.2, 0.25) is 0 Å². The van der Waals surface area contributed by atoms with E-state index in [1.807, 2.05) is 57.1 Å². The topological polar surface area (TPSA) is 76.8 Å². The highest BCUT2D eigenvalue weighted by Crippen LogP contribution is 2.30. The molecular weight excluding hydrogens is 430 g/mol. The number of carbonyl (C=O) groups excluding carboxylic acids is 1. The van der Waals surface area contributed by atoms with Gasteiger partial charge in [0.25, 0.3) is 5.91 Å². The van der Waals surface area contributed by atoms with Crippen LogP contribution in [0.25, 0.3) is 0 Å². The van der Waals surface area contributed by atoms with Crippen molar-refractivity contribution in [3.63, 3.8) is 0 Å². The summed E-state index contributed by atoms with van der Waals surface area (Å²) < 4.78 is 16.5. The van der Waals surface area contributed by atoms with Gasteiger partial charge in [0.1, 0.15) is 12.4 Å². The van der Waals surface area contributed by atoms with Crippen LogP contribution in [0.2, 0.25) is 5.02 Å². The number of carbonyl (C=O) groups is 1. The Labute approximate surface area is 193 Å². The van der Waals surface area contributed by atoms with E-state index in [9.17, 15) is 4.79 Å². The monoisotopic (exact) mass is 457 g/mol. The molecule has 1 unspecified atom stereocenters. The molecular formula is C24H28ClN3O4. The Morgan fingerprint density at radius 3 is 2.56 bits per heavy atom. The second-order valence-corrected chi connectivity index (χ2v) is 8.08. The number of methoxy groups -OCH3 is 1. The van der Waals surface area contributed by atoms with Crippen molar-refractivity contribution in [3.05, 3.63) is 75.6 Å². The first-order valence-electron chi connectivity index (χ1n) is 10.2. The normalized spacial score (nSPS) is 12.0. The highest BCUT2D eigenvalue weighted by Gasteiger charge is 2.19. The first-order valence-corrected chi connectivity index (χ1v) is 10.6. The zero-order chi connectivity index (χ0) is 23.3. The van der Waals surface area contributed by atoms with Crippen LogP contribution in [0.4, 0.5) is 0 Å². The minimum absolute atomic E-state index is 0.0628. The molecule has 8 heteroatoms. The average Bonchev–Trinajstić information content (AvgIpc) is 3.10. The molecule has 7 nitrogen and oxygen atoms in total. The van der Waals surface area contributed by atoms with Gasteiger partial charge in [-0.2, -0.15) is 0 Å². The van der Waals surface area contributed by atoms with Crippen molar-refractivity contribution in [3.8, 4) is 11.5 Å². The van der Waals surface area contributed by atoms with Gasteiger partial charge in [0.15, 0.2) is 11.5 Å². The largest absolute Gasteiger partial charge is 0.493 e. The summed E-state index contributed by atoms with van der Waals surface area (Å²) >= 11 is 6.36. The number of likely N-dealkylation sites (N-methyl/N-ethyl adjacent to an activating group) is 1. The summed E-state index contributed by atoms with van der Waals surface area (Å²) in [7, 11) is 5.45. The van der Waals surface area contributed by atoms with Gasteiger partial charge in [0.05, 0.1) is 24.4 Å². The molecule has 1 amide bonds. The van der Waals surface area contributed by atoms with E-state index >= 15 is 0 Å². The fraction of sp³-hybridized carbons (Fsp3) is 0.333. The molecule has 0 radical (unpaired) electrons. The maximum atomic E-state index is 12.8.